The van der Waals surface area contributed by atoms with Crippen molar-refractivity contribution >= 4 is 0 Å². The second kappa shape index (κ2) is 76.6. The van der Waals surface area contributed by atoms with Crippen LogP contribution >= 0.6 is 0 Å². The molecule has 0 aromatic carbocycles. The van der Waals surface area contributed by atoms with E-state index in [-0.39, 0.29) is 46.1 Å². The average molecular weight is 585 g/mol. The molecule has 0 aromatic heterocycles. The van der Waals surface area contributed by atoms with Crippen LogP contribution in [0.1, 0.15) is 134 Å². The molecule has 0 aliphatic rings. The number of hydrogen-bond acceptors (Lipinski definition) is 8. The van der Waals surface area contributed by atoms with E-state index in [0.29, 0.717) is 26.4 Å². The number of rotatable bonds is 8. The Hall–Kier alpha value is 0.394. The predicted octanol–water partition coefficient (Wildman–Crippen LogP) is 4.66. The molecule has 0 atom stereocenters. The molecule has 8 N–H and O–H groups in total. The summed E-state index contributed by atoms with van der Waals surface area (Å²) in [6.45, 7) is 23.4. The van der Waals surface area contributed by atoms with E-state index in [1.165, 1.54) is 0 Å². The van der Waals surface area contributed by atoms with E-state index in [2.05, 4.69) is 27.7 Å². The van der Waals surface area contributed by atoms with E-state index >= 15 is 0 Å². The molecule has 0 amide bonds. The fourth-order valence-electron chi connectivity index (χ4n) is 0.632. The third-order valence-corrected chi connectivity index (χ3v) is 2.05. The quantitative estimate of drug-likeness (QED) is 0.191. The largest absolute Gasteiger partial charge is 0.396 e. The monoisotopic (exact) mass is 584 g/mol. The summed E-state index contributed by atoms with van der Waals surface area (Å²) in [6, 6.07) is 0. The van der Waals surface area contributed by atoms with E-state index in [1.54, 1.807) is 55.4 Å². The van der Waals surface area contributed by atoms with Crippen LogP contribution in [0.5, 0.6) is 0 Å². The molecule has 0 aliphatic carbocycles. The normalized spacial score (nSPS) is 8.43. The number of aliphatic hydroxyl groups excluding tert-OH is 8. The maximum atomic E-state index is 8.07. The molecule has 0 rings (SSSR count). The van der Waals surface area contributed by atoms with Crippen molar-refractivity contribution in [1.82, 2.24) is 0 Å². The van der Waals surface area contributed by atoms with Crippen molar-refractivity contribution in [2.75, 3.05) is 26.4 Å². The van der Waals surface area contributed by atoms with E-state index < -0.39 is 0 Å². The third kappa shape index (κ3) is 611. The van der Waals surface area contributed by atoms with Gasteiger partial charge in [-0.3, -0.25) is 0 Å². The standard InChI is InChI=1S/4C4H10O.4C3H8O.Ti/c4*1-2-3-4-5;4*1-3(2)4;/h4*5H,2-4H2,1H3;4*3-4H,1-2H3;. The van der Waals surface area contributed by atoms with Crippen molar-refractivity contribution in [3.8, 4) is 0 Å². The molecule has 0 saturated heterocycles. The minimum Gasteiger partial charge on any atom is -0.396 e. The first-order valence-electron chi connectivity index (χ1n) is 13.7. The molecule has 9 heteroatoms. The van der Waals surface area contributed by atoms with Crippen LogP contribution in [0.15, 0.2) is 0 Å². The van der Waals surface area contributed by atoms with Gasteiger partial charge in [0.05, 0.1) is 0 Å². The maximum absolute atomic E-state index is 8.07. The van der Waals surface area contributed by atoms with Gasteiger partial charge in [-0.15, -0.1) is 0 Å². The maximum Gasteiger partial charge on any atom is 0.0483 e. The van der Waals surface area contributed by atoms with Crippen LogP contribution in [-0.4, -0.2) is 91.7 Å². The minimum absolute atomic E-state index is 0. The van der Waals surface area contributed by atoms with Crippen molar-refractivity contribution in [3.05, 3.63) is 0 Å². The Morgan fingerprint density at radius 2 is 0.432 bits per heavy atom. The third-order valence-electron chi connectivity index (χ3n) is 2.05. The summed E-state index contributed by atoms with van der Waals surface area (Å²) in [5.41, 5.74) is 0. The summed E-state index contributed by atoms with van der Waals surface area (Å²) in [4.78, 5) is 0. The zero-order valence-corrected chi connectivity index (χ0v) is 28.4. The first-order valence-corrected chi connectivity index (χ1v) is 13.7. The molecule has 0 aromatic rings. The van der Waals surface area contributed by atoms with Gasteiger partial charge in [-0.1, -0.05) is 53.4 Å². The predicted molar refractivity (Wildman–Crippen MR) is 157 cm³/mol. The van der Waals surface area contributed by atoms with Crippen molar-refractivity contribution in [1.29, 1.82) is 0 Å². The number of unbranched alkanes of at least 4 members (excludes halogenated alkanes) is 4. The molecule has 0 heterocycles. The van der Waals surface area contributed by atoms with E-state index in [0.717, 1.165) is 51.4 Å². The summed E-state index contributed by atoms with van der Waals surface area (Å²) in [7, 11) is 0. The molecule has 0 fully saturated rings. The Morgan fingerprint density at radius 1 is 0.351 bits per heavy atom. The van der Waals surface area contributed by atoms with Crippen LogP contribution in [0.4, 0.5) is 0 Å². The smallest absolute Gasteiger partial charge is 0.0483 e. The molecular weight excluding hydrogens is 512 g/mol. The molecule has 0 bridgehead atoms. The molecule has 0 radical (unpaired) electrons. The first-order chi connectivity index (χ1) is 16.6. The van der Waals surface area contributed by atoms with Crippen molar-refractivity contribution < 1.29 is 62.6 Å². The summed E-state index contributed by atoms with van der Waals surface area (Å²) >= 11 is 0. The fourth-order valence-corrected chi connectivity index (χ4v) is 0.632. The van der Waals surface area contributed by atoms with Crippen LogP contribution < -0.4 is 0 Å². The molecule has 236 valence electrons. The zero-order valence-electron chi connectivity index (χ0n) is 26.9. The number of aliphatic hydroxyl groups is 8. The second-order valence-corrected chi connectivity index (χ2v) is 8.68. The average Bonchev–Trinajstić information content (AvgIpc) is 2.70. The van der Waals surface area contributed by atoms with Crippen LogP contribution in [-0.2, 0) is 21.7 Å². The van der Waals surface area contributed by atoms with Crippen LogP contribution in [0.2, 0.25) is 0 Å². The summed E-state index contributed by atoms with van der Waals surface area (Å²) in [6.07, 6.45) is 7.49. The summed E-state index contributed by atoms with van der Waals surface area (Å²) in [5, 5.41) is 64.5. The van der Waals surface area contributed by atoms with Gasteiger partial charge >= 0.3 is 0 Å². The fraction of sp³-hybridized carbons (Fsp3) is 1.00. The Labute approximate surface area is 247 Å². The number of hydrogen-bond donors (Lipinski definition) is 8. The minimum atomic E-state index is -0.167. The van der Waals surface area contributed by atoms with Crippen molar-refractivity contribution in [2.45, 2.75) is 159 Å². The van der Waals surface area contributed by atoms with Crippen LogP contribution in [0.25, 0.3) is 0 Å². The first kappa shape index (κ1) is 61.4. The molecule has 0 spiro atoms. The Morgan fingerprint density at radius 3 is 0.432 bits per heavy atom. The van der Waals surface area contributed by atoms with Crippen LogP contribution in [0, 0.1) is 0 Å². The van der Waals surface area contributed by atoms with Gasteiger partial charge in [0, 0.05) is 72.6 Å². The summed E-state index contributed by atoms with van der Waals surface area (Å²) < 4.78 is 0. The SMILES string of the molecule is CC(C)O.CC(C)O.CC(C)O.CC(C)O.CCCCO.CCCCO.CCCCO.CCCCO.[Ti]. The molecule has 37 heavy (non-hydrogen) atoms. The van der Waals surface area contributed by atoms with E-state index in [9.17, 15) is 0 Å². The Kier molecular flexibility index (Phi) is 127. The molecule has 8 nitrogen and oxygen atoms in total. The van der Waals surface area contributed by atoms with Gasteiger partial charge < -0.3 is 40.9 Å². The zero-order chi connectivity index (χ0) is 30.8. The second-order valence-electron chi connectivity index (χ2n) is 8.68. The van der Waals surface area contributed by atoms with Gasteiger partial charge in [-0.2, -0.15) is 0 Å². The van der Waals surface area contributed by atoms with E-state index in [1.807, 2.05) is 0 Å². The molecule has 0 unspecified atom stereocenters. The van der Waals surface area contributed by atoms with Gasteiger partial charge in [-0.25, -0.2) is 0 Å². The molecular formula is C28H72O8Ti. The summed E-state index contributed by atoms with van der Waals surface area (Å²) in [5.74, 6) is 0. The Balaban J connectivity index is -0.0000000345. The Bertz CT molecular complexity index is 179. The molecule has 0 saturated carbocycles. The van der Waals surface area contributed by atoms with Gasteiger partial charge in [0.2, 0.25) is 0 Å². The van der Waals surface area contributed by atoms with Gasteiger partial charge in [0.1, 0.15) is 0 Å². The molecule has 0 aliphatic heterocycles. The van der Waals surface area contributed by atoms with Gasteiger partial charge in [-0.05, 0) is 81.1 Å². The van der Waals surface area contributed by atoms with E-state index in [4.69, 9.17) is 40.9 Å². The van der Waals surface area contributed by atoms with Gasteiger partial charge in [0.25, 0.3) is 0 Å². The van der Waals surface area contributed by atoms with Crippen molar-refractivity contribution in [2.24, 2.45) is 0 Å². The van der Waals surface area contributed by atoms with Crippen molar-refractivity contribution in [3.63, 3.8) is 0 Å². The van der Waals surface area contributed by atoms with Crippen LogP contribution in [0.3, 0.4) is 0 Å². The topological polar surface area (TPSA) is 162 Å². The van der Waals surface area contributed by atoms with Gasteiger partial charge in [0.15, 0.2) is 0 Å².